The van der Waals surface area contributed by atoms with Crippen LogP contribution in [-0.2, 0) is 9.47 Å². The third-order valence-electron chi connectivity index (χ3n) is 4.47. The van der Waals surface area contributed by atoms with Crippen molar-refractivity contribution in [3.05, 3.63) is 46.9 Å². The maximum atomic E-state index is 14.7. The lowest BCUT2D eigenvalue weighted by molar-refractivity contribution is 0.0153. The zero-order valence-electron chi connectivity index (χ0n) is 14.3. The van der Waals surface area contributed by atoms with Gasteiger partial charge in [0, 0.05) is 23.9 Å². The predicted molar refractivity (Wildman–Crippen MR) is 92.6 cm³/mol. The molecule has 2 heterocycles. The van der Waals surface area contributed by atoms with Crippen molar-refractivity contribution in [3.63, 3.8) is 0 Å². The van der Waals surface area contributed by atoms with E-state index in [1.165, 1.54) is 12.1 Å². The van der Waals surface area contributed by atoms with Crippen LogP contribution in [0.15, 0.2) is 24.4 Å². The van der Waals surface area contributed by atoms with Crippen molar-refractivity contribution in [1.29, 1.82) is 5.26 Å². The van der Waals surface area contributed by atoms with Crippen molar-refractivity contribution >= 4 is 11.8 Å². The highest BCUT2D eigenvalue weighted by Crippen LogP contribution is 2.39. The average Bonchev–Trinajstić information content (AvgIpc) is 2.67. The minimum Gasteiger partial charge on any atom is -0.465 e. The Kier molecular flexibility index (Phi) is 5.14. The second kappa shape index (κ2) is 7.50. The van der Waals surface area contributed by atoms with Crippen LogP contribution in [0.1, 0.15) is 46.9 Å². The lowest BCUT2D eigenvalue weighted by Crippen LogP contribution is -2.14. The molecule has 134 valence electrons. The normalized spacial score (nSPS) is 16.7. The number of pyridine rings is 1. The Bertz CT molecular complexity index is 886. The van der Waals surface area contributed by atoms with Gasteiger partial charge in [-0.2, -0.15) is 5.26 Å². The summed E-state index contributed by atoms with van der Waals surface area (Å²) in [6, 6.07) is 6.39. The summed E-state index contributed by atoms with van der Waals surface area (Å²) in [6.45, 7) is 0.632. The van der Waals surface area contributed by atoms with Crippen LogP contribution in [0.4, 0.5) is 10.2 Å². The van der Waals surface area contributed by atoms with E-state index in [4.69, 9.17) is 10.5 Å². The van der Waals surface area contributed by atoms with Crippen LogP contribution in [0.3, 0.4) is 0 Å². The molecule has 0 aliphatic carbocycles. The molecular weight excluding hydrogens is 337 g/mol. The van der Waals surface area contributed by atoms with E-state index < -0.39 is 11.8 Å². The highest BCUT2D eigenvalue weighted by molar-refractivity contribution is 5.92. The molecule has 1 fully saturated rings. The molecular formula is C19H18FN3O3. The van der Waals surface area contributed by atoms with Crippen molar-refractivity contribution < 1.29 is 18.7 Å². The first-order valence-electron chi connectivity index (χ1n) is 8.25. The Morgan fingerprint density at radius 3 is 2.88 bits per heavy atom. The van der Waals surface area contributed by atoms with Crippen LogP contribution < -0.4 is 5.73 Å². The molecule has 3 rings (SSSR count). The fraction of sp³-hybridized carbons (Fsp3) is 0.316. The third-order valence-corrected chi connectivity index (χ3v) is 4.47. The zero-order valence-corrected chi connectivity index (χ0v) is 14.3. The number of ether oxygens (including phenoxy) is 2. The van der Waals surface area contributed by atoms with Crippen LogP contribution in [0.2, 0.25) is 0 Å². The molecule has 1 aliphatic heterocycles. The van der Waals surface area contributed by atoms with Crippen molar-refractivity contribution in [2.24, 2.45) is 0 Å². The number of hydrogen-bond acceptors (Lipinski definition) is 6. The average molecular weight is 355 g/mol. The molecule has 1 aromatic carbocycles. The number of esters is 1. The number of halogens is 1. The van der Waals surface area contributed by atoms with Gasteiger partial charge in [-0.15, -0.1) is 0 Å². The largest absolute Gasteiger partial charge is 0.465 e. The van der Waals surface area contributed by atoms with Crippen LogP contribution in [0, 0.1) is 17.1 Å². The molecule has 0 bridgehead atoms. The molecule has 0 radical (unpaired) electrons. The summed E-state index contributed by atoms with van der Waals surface area (Å²) < 4.78 is 25.1. The van der Waals surface area contributed by atoms with Gasteiger partial charge in [0.1, 0.15) is 11.9 Å². The molecule has 1 atom stereocenters. The maximum Gasteiger partial charge on any atom is 0.340 e. The Balaban J connectivity index is 2.20. The van der Waals surface area contributed by atoms with E-state index in [-0.39, 0.29) is 28.6 Å². The van der Waals surface area contributed by atoms with E-state index in [0.29, 0.717) is 12.2 Å². The van der Waals surface area contributed by atoms with Gasteiger partial charge in [-0.1, -0.05) is 6.07 Å². The number of aromatic nitrogens is 1. The Labute approximate surface area is 150 Å². The minimum absolute atomic E-state index is 0.179. The standard InChI is InChI=1S/C19H18FN3O3/c1-25-19(24)13-6-5-11(14(10-21)17(13)20)16-12(7-8-23-18(16)22)15-4-2-3-9-26-15/h5-8,15H,2-4,9H2,1H3,(H2,22,23). The van der Waals surface area contributed by atoms with Crippen molar-refractivity contribution in [2.45, 2.75) is 25.4 Å². The van der Waals surface area contributed by atoms with Crippen LogP contribution in [0.5, 0.6) is 0 Å². The molecule has 1 aromatic heterocycles. The first-order chi connectivity index (χ1) is 12.6. The maximum absolute atomic E-state index is 14.7. The Hall–Kier alpha value is -2.98. The van der Waals surface area contributed by atoms with Gasteiger partial charge in [-0.25, -0.2) is 14.2 Å². The summed E-state index contributed by atoms with van der Waals surface area (Å²) in [5.74, 6) is -1.60. The molecule has 7 heteroatoms. The fourth-order valence-electron chi connectivity index (χ4n) is 3.20. The molecule has 1 unspecified atom stereocenters. The summed E-state index contributed by atoms with van der Waals surface area (Å²) >= 11 is 0. The number of methoxy groups -OCH3 is 1. The van der Waals surface area contributed by atoms with Gasteiger partial charge in [0.25, 0.3) is 0 Å². The molecule has 0 spiro atoms. The lowest BCUT2D eigenvalue weighted by Gasteiger charge is -2.25. The Morgan fingerprint density at radius 1 is 1.42 bits per heavy atom. The van der Waals surface area contributed by atoms with Gasteiger partial charge >= 0.3 is 5.97 Å². The van der Waals surface area contributed by atoms with Crippen LogP contribution in [0.25, 0.3) is 11.1 Å². The number of hydrogen-bond donors (Lipinski definition) is 1. The van der Waals surface area contributed by atoms with Gasteiger partial charge < -0.3 is 15.2 Å². The number of carbonyl (C=O) groups excluding carboxylic acids is 1. The predicted octanol–water partition coefficient (Wildman–Crippen LogP) is 3.37. The van der Waals surface area contributed by atoms with E-state index >= 15 is 0 Å². The summed E-state index contributed by atoms with van der Waals surface area (Å²) in [6.07, 6.45) is 4.17. The highest BCUT2D eigenvalue weighted by Gasteiger charge is 2.26. The quantitative estimate of drug-likeness (QED) is 0.848. The summed E-state index contributed by atoms with van der Waals surface area (Å²) in [5.41, 5.74) is 7.01. The smallest absolute Gasteiger partial charge is 0.340 e. The molecule has 2 aromatic rings. The van der Waals surface area contributed by atoms with E-state index in [1.54, 1.807) is 12.3 Å². The molecule has 6 nitrogen and oxygen atoms in total. The van der Waals surface area contributed by atoms with Gasteiger partial charge in [-0.05, 0) is 37.0 Å². The molecule has 2 N–H and O–H groups in total. The van der Waals surface area contributed by atoms with E-state index in [2.05, 4.69) is 9.72 Å². The number of nitrogens with two attached hydrogens (primary N) is 1. The second-order valence-electron chi connectivity index (χ2n) is 5.97. The van der Waals surface area contributed by atoms with Gasteiger partial charge in [0.15, 0.2) is 5.82 Å². The van der Waals surface area contributed by atoms with Crippen molar-refractivity contribution in [3.8, 4) is 17.2 Å². The SMILES string of the molecule is COC(=O)c1ccc(-c2c(C3CCCCO3)ccnc2N)c(C#N)c1F. The number of benzene rings is 1. The topological polar surface area (TPSA) is 98.2 Å². The number of nitrogen functional groups attached to an aromatic ring is 1. The van der Waals surface area contributed by atoms with E-state index in [9.17, 15) is 14.4 Å². The lowest BCUT2D eigenvalue weighted by atomic mass is 9.90. The number of nitrogens with zero attached hydrogens (tertiary/aromatic N) is 2. The molecule has 26 heavy (non-hydrogen) atoms. The molecule has 1 saturated heterocycles. The third kappa shape index (κ3) is 3.11. The number of carbonyl (C=O) groups is 1. The van der Waals surface area contributed by atoms with Crippen molar-refractivity contribution in [1.82, 2.24) is 4.98 Å². The number of anilines is 1. The first kappa shape index (κ1) is 17.8. The van der Waals surface area contributed by atoms with E-state index in [0.717, 1.165) is 31.9 Å². The van der Waals surface area contributed by atoms with Crippen LogP contribution >= 0.6 is 0 Å². The summed E-state index contributed by atoms with van der Waals surface area (Å²) in [7, 11) is 1.15. The summed E-state index contributed by atoms with van der Waals surface area (Å²) in [4.78, 5) is 15.8. The number of nitriles is 1. The van der Waals surface area contributed by atoms with Gasteiger partial charge in [0.2, 0.25) is 0 Å². The highest BCUT2D eigenvalue weighted by atomic mass is 19.1. The summed E-state index contributed by atoms with van der Waals surface area (Å²) in [5, 5.41) is 9.50. The molecule has 1 aliphatic rings. The molecule has 0 amide bonds. The fourth-order valence-corrected chi connectivity index (χ4v) is 3.20. The van der Waals surface area contributed by atoms with Gasteiger partial charge in [-0.3, -0.25) is 0 Å². The first-order valence-corrected chi connectivity index (χ1v) is 8.25. The zero-order chi connectivity index (χ0) is 18.7. The number of rotatable bonds is 3. The van der Waals surface area contributed by atoms with Crippen LogP contribution in [-0.4, -0.2) is 24.7 Å². The Morgan fingerprint density at radius 2 is 2.23 bits per heavy atom. The van der Waals surface area contributed by atoms with Crippen molar-refractivity contribution in [2.75, 3.05) is 19.5 Å². The van der Waals surface area contributed by atoms with Gasteiger partial charge in [0.05, 0.1) is 24.3 Å². The monoisotopic (exact) mass is 355 g/mol. The molecule has 0 saturated carbocycles. The van der Waals surface area contributed by atoms with E-state index in [1.807, 2.05) is 6.07 Å². The minimum atomic E-state index is -0.935. The second-order valence-corrected chi connectivity index (χ2v) is 5.97.